The van der Waals surface area contributed by atoms with Crippen LogP contribution in [0.5, 0.6) is 0 Å². The maximum absolute atomic E-state index is 4.96. The lowest BCUT2D eigenvalue weighted by molar-refractivity contribution is 0.411. The van der Waals surface area contributed by atoms with E-state index >= 15 is 0 Å². The lowest BCUT2D eigenvalue weighted by Crippen LogP contribution is -2.02. The van der Waals surface area contributed by atoms with Gasteiger partial charge in [0.25, 0.3) is 0 Å². The summed E-state index contributed by atoms with van der Waals surface area (Å²) in [6.45, 7) is 2.06. The van der Waals surface area contributed by atoms with E-state index in [1.807, 2.05) is 29.8 Å². The van der Waals surface area contributed by atoms with Gasteiger partial charge in [0.2, 0.25) is 6.39 Å². The van der Waals surface area contributed by atoms with Gasteiger partial charge in [-0.25, -0.2) is 0 Å². The summed E-state index contributed by atoms with van der Waals surface area (Å²) in [6, 6.07) is 12.1. The van der Waals surface area contributed by atoms with Crippen LogP contribution in [0.15, 0.2) is 64.9 Å². The molecule has 130 valence electrons. The van der Waals surface area contributed by atoms with Gasteiger partial charge >= 0.3 is 0 Å². The third kappa shape index (κ3) is 3.23. The smallest absolute Gasteiger partial charge is 0.213 e. The molecule has 0 aliphatic heterocycles. The van der Waals surface area contributed by atoms with Crippen LogP contribution in [0, 0.1) is 6.92 Å². The average Bonchev–Trinajstić information content (AvgIpc) is 3.31. The Bertz CT molecular complexity index is 1000. The lowest BCUT2D eigenvalue weighted by atomic mass is 10.1. The highest BCUT2D eigenvalue weighted by molar-refractivity contribution is 7.99. The fourth-order valence-electron chi connectivity index (χ4n) is 2.67. The van der Waals surface area contributed by atoms with E-state index in [1.165, 1.54) is 23.7 Å². The first kappa shape index (κ1) is 16.5. The minimum atomic E-state index is -0.140. The van der Waals surface area contributed by atoms with Gasteiger partial charge in [-0.1, -0.05) is 46.7 Å². The van der Waals surface area contributed by atoms with Crippen LogP contribution in [-0.4, -0.2) is 29.9 Å². The van der Waals surface area contributed by atoms with Gasteiger partial charge in [-0.2, -0.15) is 4.98 Å². The minimum absolute atomic E-state index is 0.140. The Labute approximate surface area is 154 Å². The molecule has 8 heteroatoms. The van der Waals surface area contributed by atoms with Crippen molar-refractivity contribution in [2.75, 3.05) is 0 Å². The van der Waals surface area contributed by atoms with Crippen LogP contribution in [-0.2, 0) is 7.05 Å². The van der Waals surface area contributed by atoms with E-state index < -0.39 is 0 Å². The Morgan fingerprint density at radius 2 is 2.08 bits per heavy atom. The highest BCUT2D eigenvalue weighted by Gasteiger charge is 2.24. The minimum Gasteiger partial charge on any atom is -0.343 e. The second-order valence-electron chi connectivity index (χ2n) is 5.81. The van der Waals surface area contributed by atoms with Crippen molar-refractivity contribution in [2.24, 2.45) is 7.05 Å². The van der Waals surface area contributed by atoms with Crippen molar-refractivity contribution in [2.45, 2.75) is 17.3 Å². The van der Waals surface area contributed by atoms with Gasteiger partial charge < -0.3 is 9.09 Å². The molecule has 4 aromatic rings. The molecule has 0 fully saturated rings. The quantitative estimate of drug-likeness (QED) is 0.502. The summed E-state index contributed by atoms with van der Waals surface area (Å²) in [6.07, 6.45) is 4.85. The molecule has 0 radical (unpaired) electrons. The topological polar surface area (TPSA) is 82.5 Å². The Hall–Kier alpha value is -3.00. The van der Waals surface area contributed by atoms with E-state index in [-0.39, 0.29) is 5.25 Å². The molecule has 4 rings (SSSR count). The molecule has 0 bridgehead atoms. The zero-order valence-electron chi connectivity index (χ0n) is 14.3. The summed E-state index contributed by atoms with van der Waals surface area (Å²) in [7, 11) is 1.94. The Kier molecular flexibility index (Phi) is 4.49. The van der Waals surface area contributed by atoms with Gasteiger partial charge in [-0.15, -0.1) is 10.2 Å². The molecular formula is C18H16N6OS. The molecule has 1 aromatic carbocycles. The Morgan fingerprint density at radius 3 is 2.81 bits per heavy atom. The number of pyridine rings is 1. The van der Waals surface area contributed by atoms with Gasteiger partial charge in [0.1, 0.15) is 5.25 Å². The normalized spacial score (nSPS) is 12.2. The van der Waals surface area contributed by atoms with Crippen molar-refractivity contribution in [3.63, 3.8) is 0 Å². The summed E-state index contributed by atoms with van der Waals surface area (Å²) in [4.78, 5) is 8.40. The first-order chi connectivity index (χ1) is 12.7. The molecule has 7 nitrogen and oxygen atoms in total. The second-order valence-corrected chi connectivity index (χ2v) is 6.88. The molecule has 0 saturated heterocycles. The van der Waals surface area contributed by atoms with E-state index in [0.29, 0.717) is 5.82 Å². The fourth-order valence-corrected chi connectivity index (χ4v) is 3.70. The molecule has 0 N–H and O–H groups in total. The van der Waals surface area contributed by atoms with Crippen LogP contribution >= 0.6 is 11.8 Å². The molecule has 0 aliphatic rings. The number of aromatic nitrogens is 6. The van der Waals surface area contributed by atoms with Crippen molar-refractivity contribution in [3.05, 3.63) is 72.1 Å². The molecule has 0 aliphatic carbocycles. The summed E-state index contributed by atoms with van der Waals surface area (Å²) < 4.78 is 6.91. The van der Waals surface area contributed by atoms with E-state index in [4.69, 9.17) is 4.52 Å². The van der Waals surface area contributed by atoms with Crippen molar-refractivity contribution in [1.29, 1.82) is 0 Å². The number of aryl methyl sites for hydroxylation is 1. The maximum atomic E-state index is 4.96. The van der Waals surface area contributed by atoms with Crippen molar-refractivity contribution >= 4 is 11.8 Å². The number of rotatable bonds is 5. The fraction of sp³-hybridized carbons (Fsp3) is 0.167. The van der Waals surface area contributed by atoms with Crippen molar-refractivity contribution in [3.8, 4) is 11.4 Å². The van der Waals surface area contributed by atoms with Crippen LogP contribution < -0.4 is 0 Å². The van der Waals surface area contributed by atoms with E-state index in [0.717, 1.165) is 22.1 Å². The number of nitrogens with zero attached hydrogens (tertiary/aromatic N) is 6. The number of hydrogen-bond acceptors (Lipinski definition) is 7. The highest BCUT2D eigenvalue weighted by Crippen LogP contribution is 2.39. The standard InChI is InChI=1S/C18H16N6OS/c1-12-5-3-6-13(9-12)15(16-20-11-25-23-16)26-18-22-21-17(24(18)2)14-7-4-8-19-10-14/h3-11,15H,1-2H3. The van der Waals surface area contributed by atoms with Crippen LogP contribution in [0.25, 0.3) is 11.4 Å². The molecule has 26 heavy (non-hydrogen) atoms. The number of hydrogen-bond donors (Lipinski definition) is 0. The van der Waals surface area contributed by atoms with Gasteiger partial charge in [-0.05, 0) is 24.6 Å². The summed E-state index contributed by atoms with van der Waals surface area (Å²) in [5.74, 6) is 1.36. The van der Waals surface area contributed by atoms with Crippen LogP contribution in [0.2, 0.25) is 0 Å². The predicted octanol–water partition coefficient (Wildman–Crippen LogP) is 3.45. The van der Waals surface area contributed by atoms with E-state index in [2.05, 4.69) is 50.4 Å². The summed E-state index contributed by atoms with van der Waals surface area (Å²) in [5, 5.41) is 13.3. The monoisotopic (exact) mass is 364 g/mol. The van der Waals surface area contributed by atoms with Gasteiger partial charge in [0.05, 0.1) is 0 Å². The molecular weight excluding hydrogens is 348 g/mol. The molecule has 1 unspecified atom stereocenters. The molecule has 1 atom stereocenters. The predicted molar refractivity (Wildman–Crippen MR) is 97.4 cm³/mol. The first-order valence-corrected chi connectivity index (χ1v) is 8.89. The lowest BCUT2D eigenvalue weighted by Gasteiger charge is -2.13. The molecule has 0 spiro atoms. The molecule has 0 saturated carbocycles. The van der Waals surface area contributed by atoms with Gasteiger partial charge in [-0.3, -0.25) is 4.98 Å². The van der Waals surface area contributed by atoms with Crippen molar-refractivity contribution < 1.29 is 4.52 Å². The highest BCUT2D eigenvalue weighted by atomic mass is 32.2. The number of benzene rings is 1. The van der Waals surface area contributed by atoms with Crippen LogP contribution in [0.4, 0.5) is 0 Å². The summed E-state index contributed by atoms with van der Waals surface area (Å²) in [5.41, 5.74) is 3.17. The van der Waals surface area contributed by atoms with Crippen molar-refractivity contribution in [1.82, 2.24) is 29.9 Å². The Morgan fingerprint density at radius 1 is 1.15 bits per heavy atom. The van der Waals surface area contributed by atoms with Crippen LogP contribution in [0.1, 0.15) is 22.2 Å². The zero-order valence-corrected chi connectivity index (χ0v) is 15.1. The van der Waals surface area contributed by atoms with Crippen LogP contribution in [0.3, 0.4) is 0 Å². The SMILES string of the molecule is Cc1cccc(C(Sc2nnc(-c3cccnc3)n2C)c2ncon2)c1. The van der Waals surface area contributed by atoms with Gasteiger partial charge in [0.15, 0.2) is 16.8 Å². The molecule has 3 heterocycles. The third-order valence-corrected chi connectivity index (χ3v) is 5.22. The molecule has 0 amide bonds. The summed E-state index contributed by atoms with van der Waals surface area (Å²) >= 11 is 1.53. The largest absolute Gasteiger partial charge is 0.343 e. The average molecular weight is 364 g/mol. The first-order valence-electron chi connectivity index (χ1n) is 8.01. The second kappa shape index (κ2) is 7.09. The van der Waals surface area contributed by atoms with Gasteiger partial charge in [0, 0.05) is 25.0 Å². The Balaban J connectivity index is 1.70. The van der Waals surface area contributed by atoms with E-state index in [9.17, 15) is 0 Å². The molecule has 3 aromatic heterocycles. The zero-order chi connectivity index (χ0) is 17.9. The van der Waals surface area contributed by atoms with E-state index in [1.54, 1.807) is 12.4 Å². The number of thioether (sulfide) groups is 1. The third-order valence-electron chi connectivity index (χ3n) is 3.94. The maximum Gasteiger partial charge on any atom is 0.213 e.